The number of nitrogens with two attached hydrogens (primary N) is 1. The SMILES string of the molecule is Nc1ccc(S(=O)C2CCOC3(CCSCC3)C2)cc1F. The molecule has 0 radical (unpaired) electrons. The van der Waals surface area contributed by atoms with Gasteiger partial charge in [0.2, 0.25) is 0 Å². The highest BCUT2D eigenvalue weighted by atomic mass is 32.2. The molecule has 0 aromatic heterocycles. The fourth-order valence-corrected chi connectivity index (χ4v) is 5.89. The molecule has 2 atom stereocenters. The summed E-state index contributed by atoms with van der Waals surface area (Å²) in [6.07, 6.45) is 3.64. The number of hydrogen-bond acceptors (Lipinski definition) is 4. The lowest BCUT2D eigenvalue weighted by atomic mass is 9.88. The lowest BCUT2D eigenvalue weighted by molar-refractivity contribution is -0.0809. The number of thioether (sulfide) groups is 1. The maximum Gasteiger partial charge on any atom is 0.147 e. The maximum atomic E-state index is 13.6. The van der Waals surface area contributed by atoms with Gasteiger partial charge in [-0.25, -0.2) is 4.39 Å². The minimum absolute atomic E-state index is 0.0462. The van der Waals surface area contributed by atoms with E-state index in [1.807, 2.05) is 11.8 Å². The van der Waals surface area contributed by atoms with Gasteiger partial charge in [-0.1, -0.05) is 0 Å². The quantitative estimate of drug-likeness (QED) is 0.848. The number of benzene rings is 1. The molecule has 3 nitrogen and oxygen atoms in total. The van der Waals surface area contributed by atoms with Gasteiger partial charge in [0.25, 0.3) is 0 Å². The largest absolute Gasteiger partial charge is 0.396 e. The van der Waals surface area contributed by atoms with Crippen LogP contribution in [-0.2, 0) is 15.5 Å². The van der Waals surface area contributed by atoms with Crippen LogP contribution in [0.4, 0.5) is 10.1 Å². The standard InChI is InChI=1S/C15H20FNO2S2/c16-13-9-11(1-2-14(13)17)21(18)12-3-6-19-15(10-12)4-7-20-8-5-15/h1-2,9,12H,3-8,10,17H2. The fourth-order valence-electron chi connectivity index (χ4n) is 3.08. The zero-order valence-electron chi connectivity index (χ0n) is 11.8. The van der Waals surface area contributed by atoms with Gasteiger partial charge in [0.05, 0.1) is 22.1 Å². The van der Waals surface area contributed by atoms with Crippen LogP contribution in [0.1, 0.15) is 25.7 Å². The van der Waals surface area contributed by atoms with Crippen molar-refractivity contribution >= 4 is 28.2 Å². The van der Waals surface area contributed by atoms with Gasteiger partial charge in [0.1, 0.15) is 5.82 Å². The number of rotatable bonds is 2. The molecule has 2 N–H and O–H groups in total. The normalized spacial score (nSPS) is 26.6. The first-order valence-electron chi connectivity index (χ1n) is 7.27. The monoisotopic (exact) mass is 329 g/mol. The maximum absolute atomic E-state index is 13.6. The highest BCUT2D eigenvalue weighted by molar-refractivity contribution is 7.99. The Hall–Kier alpha value is -0.590. The fraction of sp³-hybridized carbons (Fsp3) is 0.600. The lowest BCUT2D eigenvalue weighted by Crippen LogP contribution is -2.45. The van der Waals surface area contributed by atoms with Crippen molar-refractivity contribution in [1.29, 1.82) is 0 Å². The summed E-state index contributed by atoms with van der Waals surface area (Å²) in [6, 6.07) is 4.48. The third-order valence-corrected chi connectivity index (χ3v) is 7.07. The summed E-state index contributed by atoms with van der Waals surface area (Å²) >= 11 is 1.95. The molecule has 2 heterocycles. The Morgan fingerprint density at radius 3 is 2.86 bits per heavy atom. The van der Waals surface area contributed by atoms with E-state index in [4.69, 9.17) is 10.5 Å². The molecule has 1 aromatic rings. The van der Waals surface area contributed by atoms with E-state index >= 15 is 0 Å². The van der Waals surface area contributed by atoms with E-state index in [0.717, 1.165) is 37.2 Å². The van der Waals surface area contributed by atoms with Crippen LogP contribution in [0.2, 0.25) is 0 Å². The Morgan fingerprint density at radius 2 is 2.14 bits per heavy atom. The predicted molar refractivity (Wildman–Crippen MR) is 85.5 cm³/mol. The van der Waals surface area contributed by atoms with Gasteiger partial charge in [-0.3, -0.25) is 4.21 Å². The van der Waals surface area contributed by atoms with E-state index in [9.17, 15) is 8.60 Å². The van der Waals surface area contributed by atoms with Crippen LogP contribution in [-0.4, -0.2) is 33.2 Å². The van der Waals surface area contributed by atoms with Crippen LogP contribution in [0, 0.1) is 5.82 Å². The van der Waals surface area contributed by atoms with Crippen molar-refractivity contribution in [2.24, 2.45) is 0 Å². The molecule has 2 aliphatic rings. The molecule has 0 aliphatic carbocycles. The molecule has 2 saturated heterocycles. The summed E-state index contributed by atoms with van der Waals surface area (Å²) < 4.78 is 32.3. The average molecular weight is 329 g/mol. The molecule has 6 heteroatoms. The highest BCUT2D eigenvalue weighted by Crippen LogP contribution is 2.39. The molecule has 2 aliphatic heterocycles. The summed E-state index contributed by atoms with van der Waals surface area (Å²) in [5.74, 6) is 1.72. The van der Waals surface area contributed by atoms with Gasteiger partial charge in [-0.05, 0) is 55.4 Å². The van der Waals surface area contributed by atoms with E-state index in [1.54, 1.807) is 6.07 Å². The molecule has 0 amide bonds. The third kappa shape index (κ3) is 3.27. The first-order valence-corrected chi connectivity index (χ1v) is 9.64. The molecule has 21 heavy (non-hydrogen) atoms. The second kappa shape index (κ2) is 6.26. The van der Waals surface area contributed by atoms with Crippen LogP contribution < -0.4 is 5.73 Å². The first-order chi connectivity index (χ1) is 10.1. The topological polar surface area (TPSA) is 52.3 Å². The third-order valence-electron chi connectivity index (χ3n) is 4.36. The summed E-state index contributed by atoms with van der Waals surface area (Å²) in [7, 11) is -1.20. The Morgan fingerprint density at radius 1 is 1.38 bits per heavy atom. The Balaban J connectivity index is 1.76. The van der Waals surface area contributed by atoms with E-state index in [2.05, 4.69) is 0 Å². The number of ether oxygens (including phenoxy) is 1. The number of nitrogen functional groups attached to an aromatic ring is 1. The number of halogens is 1. The van der Waals surface area contributed by atoms with Crippen molar-refractivity contribution in [3.05, 3.63) is 24.0 Å². The van der Waals surface area contributed by atoms with Gasteiger partial charge in [0.15, 0.2) is 0 Å². The van der Waals surface area contributed by atoms with E-state index in [0.29, 0.717) is 11.5 Å². The Bertz CT molecular complexity index is 541. The average Bonchev–Trinajstić information content (AvgIpc) is 2.50. The lowest BCUT2D eigenvalue weighted by Gasteiger charge is -2.43. The molecule has 2 fully saturated rings. The van der Waals surface area contributed by atoms with Gasteiger partial charge in [-0.15, -0.1) is 0 Å². The Kier molecular flexibility index (Phi) is 4.57. The molecular formula is C15H20FNO2S2. The van der Waals surface area contributed by atoms with Crippen LogP contribution in [0.25, 0.3) is 0 Å². The number of hydrogen-bond donors (Lipinski definition) is 1. The highest BCUT2D eigenvalue weighted by Gasteiger charge is 2.40. The van der Waals surface area contributed by atoms with E-state index in [-0.39, 0.29) is 16.5 Å². The summed E-state index contributed by atoms with van der Waals surface area (Å²) in [4.78, 5) is 0.536. The number of anilines is 1. The molecule has 1 aromatic carbocycles. The molecule has 2 unspecified atom stereocenters. The Labute approximate surface area is 131 Å². The van der Waals surface area contributed by atoms with Gasteiger partial charge in [-0.2, -0.15) is 11.8 Å². The van der Waals surface area contributed by atoms with Gasteiger partial charge < -0.3 is 10.5 Å². The first kappa shape index (κ1) is 15.3. The van der Waals surface area contributed by atoms with Crippen LogP contribution in [0.3, 0.4) is 0 Å². The minimum Gasteiger partial charge on any atom is -0.396 e. The van der Waals surface area contributed by atoms with E-state index < -0.39 is 16.6 Å². The molecule has 1 spiro atoms. The molecule has 116 valence electrons. The summed E-state index contributed by atoms with van der Waals surface area (Å²) in [5, 5.41) is 0.0462. The molecular weight excluding hydrogens is 309 g/mol. The summed E-state index contributed by atoms with van der Waals surface area (Å²) in [5.41, 5.74) is 5.48. The van der Waals surface area contributed by atoms with Crippen molar-refractivity contribution < 1.29 is 13.3 Å². The van der Waals surface area contributed by atoms with Crippen molar-refractivity contribution in [2.45, 2.75) is 41.4 Å². The van der Waals surface area contributed by atoms with Crippen molar-refractivity contribution in [3.8, 4) is 0 Å². The van der Waals surface area contributed by atoms with E-state index in [1.165, 1.54) is 12.1 Å². The zero-order chi connectivity index (χ0) is 14.9. The molecule has 0 saturated carbocycles. The predicted octanol–water partition coefficient (Wildman–Crippen LogP) is 2.96. The van der Waals surface area contributed by atoms with Crippen molar-refractivity contribution in [3.63, 3.8) is 0 Å². The summed E-state index contributed by atoms with van der Waals surface area (Å²) in [6.45, 7) is 0.651. The van der Waals surface area contributed by atoms with Crippen LogP contribution >= 0.6 is 11.8 Å². The molecule has 3 rings (SSSR count). The van der Waals surface area contributed by atoms with Gasteiger partial charge in [0, 0.05) is 16.8 Å². The molecule has 0 bridgehead atoms. The van der Waals surface area contributed by atoms with Crippen molar-refractivity contribution in [2.75, 3.05) is 23.8 Å². The smallest absolute Gasteiger partial charge is 0.147 e. The van der Waals surface area contributed by atoms with Crippen LogP contribution in [0.15, 0.2) is 23.1 Å². The second-order valence-electron chi connectivity index (χ2n) is 5.74. The van der Waals surface area contributed by atoms with Crippen LogP contribution in [0.5, 0.6) is 0 Å². The minimum atomic E-state index is -1.20. The zero-order valence-corrected chi connectivity index (χ0v) is 13.5. The van der Waals surface area contributed by atoms with Gasteiger partial charge >= 0.3 is 0 Å². The van der Waals surface area contributed by atoms with Crippen molar-refractivity contribution in [1.82, 2.24) is 0 Å². The second-order valence-corrected chi connectivity index (χ2v) is 8.70.